The Morgan fingerprint density at radius 1 is 1.26 bits per heavy atom. The van der Waals surface area contributed by atoms with Crippen molar-refractivity contribution in [1.82, 2.24) is 30.5 Å². The topological polar surface area (TPSA) is 135 Å². The van der Waals surface area contributed by atoms with E-state index in [0.717, 1.165) is 5.56 Å². The highest BCUT2D eigenvalue weighted by Crippen LogP contribution is 2.36. The van der Waals surface area contributed by atoms with Crippen LogP contribution in [0.25, 0.3) is 10.9 Å². The Balaban J connectivity index is 1.34. The van der Waals surface area contributed by atoms with Crippen molar-refractivity contribution in [1.29, 1.82) is 0 Å². The van der Waals surface area contributed by atoms with E-state index in [9.17, 15) is 9.59 Å². The molecule has 4 aromatic rings. The first-order valence-corrected chi connectivity index (χ1v) is 10.5. The summed E-state index contributed by atoms with van der Waals surface area (Å²) in [7, 11) is 3.13. The van der Waals surface area contributed by atoms with Gasteiger partial charge in [0, 0.05) is 19.5 Å². The molecular weight excluding hydrogens is 438 g/mol. The van der Waals surface area contributed by atoms with Crippen LogP contribution in [0.3, 0.4) is 0 Å². The zero-order valence-corrected chi connectivity index (χ0v) is 18.5. The molecule has 0 aliphatic carbocycles. The van der Waals surface area contributed by atoms with E-state index in [0.29, 0.717) is 40.5 Å². The Bertz CT molecular complexity index is 1370. The lowest BCUT2D eigenvalue weighted by Crippen LogP contribution is -2.49. The van der Waals surface area contributed by atoms with Crippen LogP contribution in [0, 0.1) is 0 Å². The highest BCUT2D eigenvalue weighted by Gasteiger charge is 2.32. The van der Waals surface area contributed by atoms with Crippen LogP contribution in [0.2, 0.25) is 0 Å². The number of aromatic amines is 1. The van der Waals surface area contributed by atoms with Gasteiger partial charge in [-0.15, -0.1) is 5.10 Å². The molecule has 2 amide bonds. The van der Waals surface area contributed by atoms with Crippen LogP contribution >= 0.6 is 0 Å². The van der Waals surface area contributed by atoms with E-state index in [-0.39, 0.29) is 18.3 Å². The predicted octanol–water partition coefficient (Wildman–Crippen LogP) is 1.50. The van der Waals surface area contributed by atoms with Crippen molar-refractivity contribution in [2.45, 2.75) is 12.5 Å². The number of amides is 2. The number of aromatic nitrogens is 5. The number of H-pyrrole nitrogens is 1. The van der Waals surface area contributed by atoms with Crippen molar-refractivity contribution < 1.29 is 19.1 Å². The molecule has 2 aromatic heterocycles. The van der Waals surface area contributed by atoms with Crippen LogP contribution in [-0.2, 0) is 11.2 Å². The first-order chi connectivity index (χ1) is 16.5. The fraction of sp³-hybridized carbons (Fsp3) is 0.217. The average Bonchev–Trinajstić information content (AvgIpc) is 3.29. The molecule has 0 bridgehead atoms. The number of nitrogens with one attached hydrogen (secondary N) is 2. The van der Waals surface area contributed by atoms with Gasteiger partial charge in [0.1, 0.15) is 30.5 Å². The second kappa shape index (κ2) is 8.77. The number of ether oxygens (including phenoxy) is 2. The van der Waals surface area contributed by atoms with Crippen LogP contribution in [0.1, 0.15) is 22.0 Å². The standard InChI is InChI=1S/C23H21N7O4/c1-30-17-9-14-15(24-12-25-22(14)33-2)10-18(17)34-11-16(23(30)32)26-21(31)20-27-19(28-29-20)8-13-6-4-3-5-7-13/h3-7,9-10,12,16H,8,11H2,1-2H3,(H,26,31)(H,27,28,29). The van der Waals surface area contributed by atoms with Gasteiger partial charge in [0.2, 0.25) is 11.7 Å². The smallest absolute Gasteiger partial charge is 0.291 e. The van der Waals surface area contributed by atoms with E-state index in [1.807, 2.05) is 30.3 Å². The third kappa shape index (κ3) is 3.98. The van der Waals surface area contributed by atoms with Crippen LogP contribution in [0.4, 0.5) is 5.69 Å². The summed E-state index contributed by atoms with van der Waals surface area (Å²) in [6.45, 7) is -0.0586. The number of benzene rings is 2. The minimum absolute atomic E-state index is 0.0473. The van der Waals surface area contributed by atoms with Crippen LogP contribution < -0.4 is 19.7 Å². The van der Waals surface area contributed by atoms with Gasteiger partial charge >= 0.3 is 0 Å². The predicted molar refractivity (Wildman–Crippen MR) is 122 cm³/mol. The second-order valence-corrected chi connectivity index (χ2v) is 7.72. The van der Waals surface area contributed by atoms with Crippen LogP contribution in [-0.4, -0.2) is 63.8 Å². The normalized spacial score (nSPS) is 15.4. The third-order valence-corrected chi connectivity index (χ3v) is 5.52. The molecule has 0 radical (unpaired) electrons. The van der Waals surface area contributed by atoms with Gasteiger partial charge in [-0.2, -0.15) is 0 Å². The summed E-state index contributed by atoms with van der Waals surface area (Å²) in [5.74, 6) is 0.430. The fourth-order valence-electron chi connectivity index (χ4n) is 3.78. The summed E-state index contributed by atoms with van der Waals surface area (Å²) in [4.78, 5) is 39.9. The molecule has 1 unspecified atom stereocenters. The zero-order chi connectivity index (χ0) is 23.7. The maximum atomic E-state index is 13.1. The van der Waals surface area contributed by atoms with E-state index >= 15 is 0 Å². The molecule has 2 N–H and O–H groups in total. The Labute approximate surface area is 194 Å². The van der Waals surface area contributed by atoms with E-state index < -0.39 is 11.9 Å². The molecule has 2 aromatic carbocycles. The molecule has 5 rings (SSSR count). The fourth-order valence-corrected chi connectivity index (χ4v) is 3.78. The molecule has 0 saturated heterocycles. The van der Waals surface area contributed by atoms with Gasteiger partial charge in [-0.25, -0.2) is 15.0 Å². The first-order valence-electron chi connectivity index (χ1n) is 10.5. The summed E-state index contributed by atoms with van der Waals surface area (Å²) < 4.78 is 11.2. The van der Waals surface area contributed by atoms with Crippen LogP contribution in [0.15, 0.2) is 48.8 Å². The Morgan fingerprint density at radius 2 is 2.09 bits per heavy atom. The monoisotopic (exact) mass is 459 g/mol. The number of anilines is 1. The zero-order valence-electron chi connectivity index (χ0n) is 18.5. The number of hydrogen-bond donors (Lipinski definition) is 2. The minimum Gasteiger partial charge on any atom is -0.489 e. The molecule has 0 saturated carbocycles. The number of likely N-dealkylation sites (N-methyl/N-ethyl adjacent to an activating group) is 1. The van der Waals surface area contributed by atoms with Gasteiger partial charge in [0.25, 0.3) is 11.8 Å². The molecular formula is C23H21N7O4. The largest absolute Gasteiger partial charge is 0.489 e. The lowest BCUT2D eigenvalue weighted by Gasteiger charge is -2.20. The second-order valence-electron chi connectivity index (χ2n) is 7.72. The molecule has 1 atom stereocenters. The average molecular weight is 459 g/mol. The first kappa shape index (κ1) is 21.3. The van der Waals surface area contributed by atoms with Crippen molar-refractivity contribution in [3.8, 4) is 11.6 Å². The highest BCUT2D eigenvalue weighted by molar-refractivity contribution is 6.04. The maximum Gasteiger partial charge on any atom is 0.291 e. The summed E-state index contributed by atoms with van der Waals surface area (Å²) in [5.41, 5.74) is 2.16. The number of fused-ring (bicyclic) bond motifs is 2. The van der Waals surface area contributed by atoms with Crippen molar-refractivity contribution in [3.63, 3.8) is 0 Å². The molecule has 11 nitrogen and oxygen atoms in total. The number of nitrogens with zero attached hydrogens (tertiary/aromatic N) is 5. The van der Waals surface area contributed by atoms with Gasteiger partial charge in [-0.3, -0.25) is 14.7 Å². The summed E-state index contributed by atoms with van der Waals surface area (Å²) in [6.07, 6.45) is 1.90. The number of methoxy groups -OCH3 is 1. The number of carbonyl (C=O) groups is 2. The van der Waals surface area contributed by atoms with E-state index in [1.165, 1.54) is 18.3 Å². The summed E-state index contributed by atoms with van der Waals surface area (Å²) in [6, 6.07) is 12.2. The van der Waals surface area contributed by atoms with Gasteiger partial charge in [0.05, 0.1) is 23.7 Å². The molecule has 11 heteroatoms. The molecule has 1 aliphatic heterocycles. The number of hydrogen-bond acceptors (Lipinski definition) is 8. The van der Waals surface area contributed by atoms with Crippen molar-refractivity contribution >= 4 is 28.4 Å². The van der Waals surface area contributed by atoms with Gasteiger partial charge in [-0.05, 0) is 11.6 Å². The quantitative estimate of drug-likeness (QED) is 0.458. The maximum absolute atomic E-state index is 13.1. The van der Waals surface area contributed by atoms with Gasteiger partial charge in [0.15, 0.2) is 0 Å². The van der Waals surface area contributed by atoms with Gasteiger partial charge in [-0.1, -0.05) is 30.3 Å². The number of rotatable bonds is 5. The molecule has 0 spiro atoms. The molecule has 172 valence electrons. The molecule has 1 aliphatic rings. The molecule has 0 fully saturated rings. The highest BCUT2D eigenvalue weighted by atomic mass is 16.5. The van der Waals surface area contributed by atoms with E-state index in [2.05, 4.69) is 30.5 Å². The summed E-state index contributed by atoms with van der Waals surface area (Å²) >= 11 is 0. The number of carbonyl (C=O) groups excluding carboxylic acids is 2. The van der Waals surface area contributed by atoms with Gasteiger partial charge < -0.3 is 19.7 Å². The minimum atomic E-state index is -0.933. The molecule has 34 heavy (non-hydrogen) atoms. The Morgan fingerprint density at radius 3 is 2.88 bits per heavy atom. The van der Waals surface area contributed by atoms with Crippen molar-refractivity contribution in [2.24, 2.45) is 0 Å². The Kier molecular flexibility index (Phi) is 5.50. The Hall–Kier alpha value is -4.54. The third-order valence-electron chi connectivity index (χ3n) is 5.52. The molecule has 3 heterocycles. The van der Waals surface area contributed by atoms with Crippen molar-refractivity contribution in [3.05, 3.63) is 66.0 Å². The van der Waals surface area contributed by atoms with E-state index in [1.54, 1.807) is 19.2 Å². The summed E-state index contributed by atoms with van der Waals surface area (Å²) in [5, 5.41) is 10.1. The lowest BCUT2D eigenvalue weighted by molar-refractivity contribution is -0.120. The van der Waals surface area contributed by atoms with Crippen molar-refractivity contribution in [2.75, 3.05) is 25.7 Å². The lowest BCUT2D eigenvalue weighted by atomic mass is 10.1. The van der Waals surface area contributed by atoms with Crippen LogP contribution in [0.5, 0.6) is 11.6 Å². The SMILES string of the molecule is COc1ncnc2cc3c(cc12)N(C)C(=O)C(NC(=O)c1n[nH]c(Cc2ccccc2)n1)CO3. The van der Waals surface area contributed by atoms with E-state index in [4.69, 9.17) is 9.47 Å².